The summed E-state index contributed by atoms with van der Waals surface area (Å²) in [5.74, 6) is -1.06. The number of esters is 2. The van der Waals surface area contributed by atoms with Crippen LogP contribution in [0.4, 0.5) is 4.79 Å². The van der Waals surface area contributed by atoms with Crippen LogP contribution < -0.4 is 10.6 Å². The van der Waals surface area contributed by atoms with Gasteiger partial charge in [-0.1, -0.05) is 25.1 Å². The summed E-state index contributed by atoms with van der Waals surface area (Å²) < 4.78 is 10.4. The van der Waals surface area contributed by atoms with Crippen LogP contribution in [-0.4, -0.2) is 37.2 Å². The first-order valence-corrected chi connectivity index (χ1v) is 8.18. The predicted molar refractivity (Wildman–Crippen MR) is 90.9 cm³/mol. The van der Waals surface area contributed by atoms with Crippen molar-refractivity contribution in [1.29, 1.82) is 0 Å². The summed E-state index contributed by atoms with van der Waals surface area (Å²) in [6.07, 6.45) is 0.511. The van der Waals surface area contributed by atoms with Crippen LogP contribution in [0.2, 0.25) is 0 Å². The van der Waals surface area contributed by atoms with Crippen LogP contribution in [0.5, 0.6) is 0 Å². The van der Waals surface area contributed by atoms with Gasteiger partial charge >= 0.3 is 18.0 Å². The molecule has 0 spiro atoms. The molecule has 0 bridgehead atoms. The Balaban J connectivity index is 2.22. The number of ether oxygens (including phenoxy) is 2. The van der Waals surface area contributed by atoms with Gasteiger partial charge in [0.25, 0.3) is 0 Å². The molecule has 134 valence electrons. The van der Waals surface area contributed by atoms with E-state index in [0.29, 0.717) is 12.0 Å². The highest BCUT2D eigenvalue weighted by Crippen LogP contribution is 2.18. The largest absolute Gasteiger partial charge is 0.463 e. The molecular weight excluding hydrogens is 324 g/mol. The van der Waals surface area contributed by atoms with Crippen LogP contribution in [-0.2, 0) is 14.3 Å². The van der Waals surface area contributed by atoms with Crippen molar-refractivity contribution in [3.63, 3.8) is 0 Å². The molecular formula is C18H22N2O5. The van der Waals surface area contributed by atoms with E-state index in [1.54, 1.807) is 32.0 Å². The molecule has 2 N–H and O–H groups in total. The molecule has 1 aliphatic rings. The van der Waals surface area contributed by atoms with Crippen molar-refractivity contribution in [3.8, 4) is 0 Å². The number of amides is 2. The number of hydrogen-bond acceptors (Lipinski definition) is 5. The minimum atomic E-state index is -0.538. The molecule has 0 saturated heterocycles. The number of rotatable bonds is 6. The van der Waals surface area contributed by atoms with Crippen molar-refractivity contribution in [2.45, 2.75) is 33.2 Å². The fraction of sp³-hybridized carbons (Fsp3) is 0.389. The second-order valence-electron chi connectivity index (χ2n) is 5.56. The zero-order valence-electron chi connectivity index (χ0n) is 14.5. The Bertz CT molecular complexity index is 711. The van der Waals surface area contributed by atoms with E-state index >= 15 is 0 Å². The van der Waals surface area contributed by atoms with Crippen LogP contribution in [0, 0.1) is 6.92 Å². The number of urea groups is 1. The number of hydrogen-bond donors (Lipinski definition) is 2. The van der Waals surface area contributed by atoms with Gasteiger partial charge in [-0.2, -0.15) is 0 Å². The summed E-state index contributed by atoms with van der Waals surface area (Å²) >= 11 is 0. The van der Waals surface area contributed by atoms with Crippen LogP contribution >= 0.6 is 0 Å². The highest BCUT2D eigenvalue weighted by Gasteiger charge is 2.32. The van der Waals surface area contributed by atoms with Gasteiger partial charge in [-0.15, -0.1) is 0 Å². The van der Waals surface area contributed by atoms with Gasteiger partial charge in [0.05, 0.1) is 29.5 Å². The van der Waals surface area contributed by atoms with Gasteiger partial charge in [0.2, 0.25) is 0 Å². The van der Waals surface area contributed by atoms with Crippen LogP contribution in [0.15, 0.2) is 35.5 Å². The first-order chi connectivity index (χ1) is 12.0. The number of nitrogens with one attached hydrogen (secondary N) is 2. The summed E-state index contributed by atoms with van der Waals surface area (Å²) in [7, 11) is 0. The minimum Gasteiger partial charge on any atom is -0.463 e. The van der Waals surface area contributed by atoms with Crippen molar-refractivity contribution < 1.29 is 23.9 Å². The molecule has 0 aromatic heterocycles. The van der Waals surface area contributed by atoms with Crippen molar-refractivity contribution in [3.05, 3.63) is 46.7 Å². The van der Waals surface area contributed by atoms with Crippen molar-refractivity contribution >= 4 is 18.0 Å². The summed E-state index contributed by atoms with van der Waals surface area (Å²) in [5.41, 5.74) is 1.75. The molecule has 0 fully saturated rings. The maximum atomic E-state index is 12.3. The Morgan fingerprint density at radius 3 is 2.48 bits per heavy atom. The van der Waals surface area contributed by atoms with Crippen LogP contribution in [0.25, 0.3) is 0 Å². The monoisotopic (exact) mass is 346 g/mol. The van der Waals surface area contributed by atoms with Gasteiger partial charge in [-0.3, -0.25) is 0 Å². The number of carbonyl (C=O) groups excluding carboxylic acids is 3. The lowest BCUT2D eigenvalue weighted by Gasteiger charge is -2.28. The van der Waals surface area contributed by atoms with E-state index in [1.165, 1.54) is 0 Å². The van der Waals surface area contributed by atoms with E-state index in [-0.39, 0.29) is 24.5 Å². The SMILES string of the molecule is CCOC(=O)C1=C(COC(=O)c2ccccc2C)NC(=O)N[C@@H]1CC. The summed E-state index contributed by atoms with van der Waals surface area (Å²) in [6, 6.07) is 6.11. The molecule has 2 rings (SSSR count). The summed E-state index contributed by atoms with van der Waals surface area (Å²) in [6.45, 7) is 5.34. The quantitative estimate of drug-likeness (QED) is 0.769. The van der Waals surface area contributed by atoms with E-state index in [9.17, 15) is 14.4 Å². The molecule has 0 aliphatic carbocycles. The van der Waals surface area contributed by atoms with Crippen LogP contribution in [0.1, 0.15) is 36.2 Å². The Morgan fingerprint density at radius 2 is 1.84 bits per heavy atom. The second kappa shape index (κ2) is 8.32. The first kappa shape index (κ1) is 18.5. The summed E-state index contributed by atoms with van der Waals surface area (Å²) in [5, 5.41) is 5.21. The molecule has 1 aliphatic heterocycles. The first-order valence-electron chi connectivity index (χ1n) is 8.18. The van der Waals surface area contributed by atoms with E-state index in [4.69, 9.17) is 9.47 Å². The van der Waals surface area contributed by atoms with E-state index < -0.39 is 24.0 Å². The molecule has 7 heteroatoms. The normalized spacial score (nSPS) is 16.8. The zero-order chi connectivity index (χ0) is 18.4. The average Bonchev–Trinajstić information content (AvgIpc) is 2.59. The van der Waals surface area contributed by atoms with Gasteiger partial charge in [0, 0.05) is 0 Å². The van der Waals surface area contributed by atoms with E-state index in [1.807, 2.05) is 13.0 Å². The summed E-state index contributed by atoms with van der Waals surface area (Å²) in [4.78, 5) is 36.3. The molecule has 1 aromatic rings. The molecule has 1 heterocycles. The van der Waals surface area contributed by atoms with Crippen molar-refractivity contribution in [2.75, 3.05) is 13.2 Å². The third-order valence-electron chi connectivity index (χ3n) is 3.86. The minimum absolute atomic E-state index is 0.211. The molecule has 0 unspecified atom stereocenters. The Labute approximate surface area is 146 Å². The predicted octanol–water partition coefficient (Wildman–Crippen LogP) is 2.06. The fourth-order valence-corrected chi connectivity index (χ4v) is 2.59. The third-order valence-corrected chi connectivity index (χ3v) is 3.86. The molecule has 2 amide bonds. The third kappa shape index (κ3) is 4.37. The molecule has 1 atom stereocenters. The molecule has 0 radical (unpaired) electrons. The lowest BCUT2D eigenvalue weighted by Crippen LogP contribution is -2.51. The Morgan fingerprint density at radius 1 is 1.12 bits per heavy atom. The van der Waals surface area contributed by atoms with Gasteiger partial charge in [-0.25, -0.2) is 14.4 Å². The van der Waals surface area contributed by atoms with Gasteiger partial charge in [0.1, 0.15) is 6.61 Å². The highest BCUT2D eigenvalue weighted by atomic mass is 16.5. The van der Waals surface area contributed by atoms with E-state index in [0.717, 1.165) is 5.56 Å². The van der Waals surface area contributed by atoms with Crippen molar-refractivity contribution in [2.24, 2.45) is 0 Å². The lowest BCUT2D eigenvalue weighted by atomic mass is 10.0. The number of carbonyl (C=O) groups is 3. The number of benzene rings is 1. The van der Waals surface area contributed by atoms with E-state index in [2.05, 4.69) is 10.6 Å². The smallest absolute Gasteiger partial charge is 0.338 e. The molecule has 1 aromatic carbocycles. The Hall–Kier alpha value is -2.83. The Kier molecular flexibility index (Phi) is 6.16. The maximum absolute atomic E-state index is 12.3. The topological polar surface area (TPSA) is 93.7 Å². The second-order valence-corrected chi connectivity index (χ2v) is 5.56. The molecule has 7 nitrogen and oxygen atoms in total. The maximum Gasteiger partial charge on any atom is 0.338 e. The van der Waals surface area contributed by atoms with Crippen molar-refractivity contribution in [1.82, 2.24) is 10.6 Å². The number of aryl methyl sites for hydroxylation is 1. The lowest BCUT2D eigenvalue weighted by molar-refractivity contribution is -0.139. The highest BCUT2D eigenvalue weighted by molar-refractivity contribution is 5.95. The van der Waals surface area contributed by atoms with Gasteiger partial charge in [0.15, 0.2) is 0 Å². The molecule has 25 heavy (non-hydrogen) atoms. The zero-order valence-corrected chi connectivity index (χ0v) is 14.5. The van der Waals surface area contributed by atoms with Crippen LogP contribution in [0.3, 0.4) is 0 Å². The average molecular weight is 346 g/mol. The standard InChI is InChI=1S/C18H22N2O5/c1-4-13-15(17(22)24-5-2)14(20-18(23)19-13)10-25-16(21)12-9-7-6-8-11(12)3/h6-9,13H,4-5,10H2,1-3H3,(H2,19,20,23)/t13-/m1/s1. The van der Waals surface area contributed by atoms with Gasteiger partial charge < -0.3 is 20.1 Å². The van der Waals surface area contributed by atoms with Gasteiger partial charge in [-0.05, 0) is 31.9 Å². The fourth-order valence-electron chi connectivity index (χ4n) is 2.59. The molecule has 0 saturated carbocycles.